The van der Waals surface area contributed by atoms with Crippen LogP contribution in [0.3, 0.4) is 0 Å². The lowest BCUT2D eigenvalue weighted by atomic mass is 10.3. The molecule has 0 bridgehead atoms. The van der Waals surface area contributed by atoms with Crippen LogP contribution in [0.5, 0.6) is 0 Å². The molecule has 23 heavy (non-hydrogen) atoms. The number of para-hydroxylation sites is 1. The molecule has 1 aliphatic rings. The second-order valence-corrected chi connectivity index (χ2v) is 5.31. The zero-order valence-electron chi connectivity index (χ0n) is 13.5. The molecule has 0 saturated carbocycles. The van der Waals surface area contributed by atoms with Crippen LogP contribution in [0.4, 0.5) is 5.69 Å². The molecule has 2 N–H and O–H groups in total. The van der Waals surface area contributed by atoms with E-state index in [0.29, 0.717) is 6.54 Å². The summed E-state index contributed by atoms with van der Waals surface area (Å²) in [7, 11) is 3.91. The van der Waals surface area contributed by atoms with E-state index in [4.69, 9.17) is 4.84 Å². The maximum absolute atomic E-state index is 11.8. The molecular weight excluding hydrogens is 294 g/mol. The summed E-state index contributed by atoms with van der Waals surface area (Å²) in [6.45, 7) is 1.33. The predicted molar refractivity (Wildman–Crippen MR) is 90.8 cm³/mol. The van der Waals surface area contributed by atoms with Gasteiger partial charge in [-0.25, -0.2) is 10.1 Å². The molecule has 7 heteroatoms. The van der Waals surface area contributed by atoms with Gasteiger partial charge in [0.05, 0.1) is 0 Å². The van der Waals surface area contributed by atoms with Crippen molar-refractivity contribution in [1.82, 2.24) is 15.3 Å². The summed E-state index contributed by atoms with van der Waals surface area (Å²) in [5, 5.41) is 7.56. The third-order valence-corrected chi connectivity index (χ3v) is 3.08. The highest BCUT2D eigenvalue weighted by molar-refractivity contribution is 5.77. The van der Waals surface area contributed by atoms with E-state index in [2.05, 4.69) is 15.6 Å². The van der Waals surface area contributed by atoms with Crippen LogP contribution in [0.25, 0.3) is 0 Å². The predicted octanol–water partition coefficient (Wildman–Crippen LogP) is 0.892. The van der Waals surface area contributed by atoms with Crippen LogP contribution in [0.1, 0.15) is 0 Å². The van der Waals surface area contributed by atoms with Gasteiger partial charge < -0.3 is 15.5 Å². The number of benzene rings is 1. The molecule has 0 spiro atoms. The quantitative estimate of drug-likeness (QED) is 0.745. The summed E-state index contributed by atoms with van der Waals surface area (Å²) >= 11 is 0. The lowest BCUT2D eigenvalue weighted by Gasteiger charge is -2.29. The van der Waals surface area contributed by atoms with Crippen LogP contribution in [0.2, 0.25) is 0 Å². The van der Waals surface area contributed by atoms with Gasteiger partial charge in [-0.3, -0.25) is 9.63 Å². The third-order valence-electron chi connectivity index (χ3n) is 3.08. The lowest BCUT2D eigenvalue weighted by Crippen LogP contribution is -2.41. The monoisotopic (exact) mass is 317 g/mol. The maximum Gasteiger partial charge on any atom is 0.248 e. The fourth-order valence-electron chi connectivity index (χ4n) is 1.90. The van der Waals surface area contributed by atoms with E-state index in [9.17, 15) is 4.79 Å². The minimum Gasteiger partial charge on any atom is -0.353 e. The van der Waals surface area contributed by atoms with Crippen molar-refractivity contribution in [1.29, 1.82) is 0 Å². The van der Waals surface area contributed by atoms with Crippen molar-refractivity contribution in [3.05, 3.63) is 42.6 Å². The van der Waals surface area contributed by atoms with Gasteiger partial charge in [0.25, 0.3) is 0 Å². The molecule has 1 heterocycles. The number of amides is 1. The Morgan fingerprint density at radius 1 is 1.35 bits per heavy atom. The number of rotatable bonds is 8. The van der Waals surface area contributed by atoms with E-state index in [1.807, 2.05) is 49.3 Å². The van der Waals surface area contributed by atoms with Crippen LogP contribution >= 0.6 is 0 Å². The van der Waals surface area contributed by atoms with Crippen LogP contribution in [-0.2, 0) is 9.63 Å². The van der Waals surface area contributed by atoms with E-state index in [0.717, 1.165) is 12.2 Å². The first-order chi connectivity index (χ1) is 11.1. The van der Waals surface area contributed by atoms with Crippen molar-refractivity contribution in [3.8, 4) is 0 Å². The van der Waals surface area contributed by atoms with Crippen molar-refractivity contribution in [2.24, 2.45) is 4.99 Å². The molecule has 1 atom stereocenters. The topological polar surface area (TPSA) is 69.2 Å². The number of carbonyl (C=O) groups is 1. The van der Waals surface area contributed by atoms with Crippen molar-refractivity contribution in [2.75, 3.05) is 39.1 Å². The molecule has 0 saturated heterocycles. The number of carbonyl (C=O) groups excluding carboxylic acids is 1. The van der Waals surface area contributed by atoms with Gasteiger partial charge in [-0.2, -0.15) is 0 Å². The van der Waals surface area contributed by atoms with Crippen molar-refractivity contribution in [3.63, 3.8) is 0 Å². The Labute approximate surface area is 136 Å². The lowest BCUT2D eigenvalue weighted by molar-refractivity contribution is -0.160. The van der Waals surface area contributed by atoms with Gasteiger partial charge in [-0.15, -0.1) is 0 Å². The number of hydroxylamine groups is 2. The fraction of sp³-hybridized carbons (Fsp3) is 0.375. The molecule has 1 aliphatic heterocycles. The van der Waals surface area contributed by atoms with Crippen molar-refractivity contribution in [2.45, 2.75) is 6.29 Å². The average molecular weight is 317 g/mol. The molecule has 0 aliphatic carbocycles. The molecule has 7 nitrogen and oxygen atoms in total. The second-order valence-electron chi connectivity index (χ2n) is 5.31. The number of nitrogens with zero attached hydrogens (tertiary/aromatic N) is 3. The van der Waals surface area contributed by atoms with Gasteiger partial charge in [0, 0.05) is 31.2 Å². The van der Waals surface area contributed by atoms with E-state index < -0.39 is 6.29 Å². The van der Waals surface area contributed by atoms with E-state index in [-0.39, 0.29) is 12.5 Å². The van der Waals surface area contributed by atoms with Gasteiger partial charge in [-0.05, 0) is 32.3 Å². The second kappa shape index (κ2) is 8.92. The minimum absolute atomic E-state index is 0.0553. The molecule has 1 amide bonds. The highest BCUT2D eigenvalue weighted by Gasteiger charge is 2.17. The summed E-state index contributed by atoms with van der Waals surface area (Å²) in [6.07, 6.45) is 4.78. The summed E-state index contributed by atoms with van der Waals surface area (Å²) in [5.74, 6) is -0.159. The summed E-state index contributed by atoms with van der Waals surface area (Å²) in [6, 6.07) is 9.71. The van der Waals surface area contributed by atoms with Crippen LogP contribution in [0, 0.1) is 0 Å². The number of aliphatic imine (C=N–C) groups is 1. The Bertz CT molecular complexity index is 545. The Kier molecular flexibility index (Phi) is 6.58. The van der Waals surface area contributed by atoms with Gasteiger partial charge in [0.2, 0.25) is 12.2 Å². The summed E-state index contributed by atoms with van der Waals surface area (Å²) < 4.78 is 0. The molecule has 2 rings (SSSR count). The molecule has 1 unspecified atom stereocenters. The Morgan fingerprint density at radius 2 is 2.13 bits per heavy atom. The normalized spacial score (nSPS) is 16.7. The Morgan fingerprint density at radius 3 is 2.87 bits per heavy atom. The van der Waals surface area contributed by atoms with Crippen LogP contribution < -0.4 is 10.6 Å². The number of anilines is 1. The highest BCUT2D eigenvalue weighted by atomic mass is 16.7. The third kappa shape index (κ3) is 6.09. The SMILES string of the molecule is CN(C)CCNC(=O)CON1C=CC=NC1Nc1ccccc1. The van der Waals surface area contributed by atoms with Gasteiger partial charge in [-0.1, -0.05) is 18.2 Å². The zero-order valence-corrected chi connectivity index (χ0v) is 13.5. The number of nitrogens with one attached hydrogen (secondary N) is 2. The molecule has 0 radical (unpaired) electrons. The molecular formula is C16H23N5O2. The molecule has 0 aromatic heterocycles. The standard InChI is InChI=1S/C16H23N5O2/c1-20(2)12-10-17-15(22)13-23-21-11-6-9-18-16(21)19-14-7-4-3-5-8-14/h3-9,11,16,19H,10,12-13H2,1-2H3,(H,17,22). The van der Waals surface area contributed by atoms with Gasteiger partial charge in [0.15, 0.2) is 6.61 Å². The average Bonchev–Trinajstić information content (AvgIpc) is 2.55. The highest BCUT2D eigenvalue weighted by Crippen LogP contribution is 2.13. The molecule has 1 aromatic carbocycles. The largest absolute Gasteiger partial charge is 0.353 e. The van der Waals surface area contributed by atoms with Crippen molar-refractivity contribution >= 4 is 17.8 Å². The first kappa shape index (κ1) is 17.0. The number of hydrogen-bond donors (Lipinski definition) is 2. The Balaban J connectivity index is 1.79. The van der Waals surface area contributed by atoms with Crippen LogP contribution in [-0.4, -0.2) is 62.2 Å². The molecule has 124 valence electrons. The number of hydrogen-bond acceptors (Lipinski definition) is 6. The maximum atomic E-state index is 11.8. The molecule has 1 aromatic rings. The first-order valence-corrected chi connectivity index (χ1v) is 7.49. The summed E-state index contributed by atoms with van der Waals surface area (Å²) in [5.41, 5.74) is 0.925. The van der Waals surface area contributed by atoms with Gasteiger partial charge >= 0.3 is 0 Å². The minimum atomic E-state index is -0.406. The number of allylic oxidation sites excluding steroid dienone is 1. The molecule has 0 fully saturated rings. The van der Waals surface area contributed by atoms with Gasteiger partial charge in [0.1, 0.15) is 0 Å². The Hall–Kier alpha value is -2.38. The summed E-state index contributed by atoms with van der Waals surface area (Å²) in [4.78, 5) is 23.6. The number of likely N-dealkylation sites (N-methyl/N-ethyl adjacent to an activating group) is 1. The van der Waals surface area contributed by atoms with Crippen molar-refractivity contribution < 1.29 is 9.63 Å². The van der Waals surface area contributed by atoms with E-state index in [1.165, 1.54) is 5.06 Å². The van der Waals surface area contributed by atoms with E-state index >= 15 is 0 Å². The smallest absolute Gasteiger partial charge is 0.248 e. The van der Waals surface area contributed by atoms with Crippen LogP contribution in [0.15, 0.2) is 47.6 Å². The van der Waals surface area contributed by atoms with E-state index in [1.54, 1.807) is 18.5 Å². The fourth-order valence-corrected chi connectivity index (χ4v) is 1.90. The zero-order chi connectivity index (χ0) is 16.5. The first-order valence-electron chi connectivity index (χ1n) is 7.49.